The molecule has 0 aliphatic heterocycles. The number of hydrogen-bond donors (Lipinski definition) is 1. The van der Waals surface area contributed by atoms with Crippen LogP contribution in [-0.4, -0.2) is 13.2 Å². The van der Waals surface area contributed by atoms with Gasteiger partial charge in [0.2, 0.25) is 0 Å². The molecule has 0 saturated heterocycles. The zero-order chi connectivity index (χ0) is 11.4. The van der Waals surface area contributed by atoms with E-state index in [1.807, 2.05) is 6.92 Å². The fourth-order valence-electron chi connectivity index (χ4n) is 1.72. The van der Waals surface area contributed by atoms with E-state index in [2.05, 4.69) is 26.0 Å². The molecular weight excluding hydrogens is 186 g/mol. The van der Waals surface area contributed by atoms with Crippen molar-refractivity contribution in [1.29, 1.82) is 0 Å². The van der Waals surface area contributed by atoms with E-state index in [4.69, 9.17) is 10.5 Å². The molecule has 2 nitrogen and oxygen atoms in total. The molecule has 0 radical (unpaired) electrons. The van der Waals surface area contributed by atoms with Gasteiger partial charge in [0, 0.05) is 6.04 Å². The zero-order valence-electron chi connectivity index (χ0n) is 10.1. The molecule has 1 aromatic carbocycles. The van der Waals surface area contributed by atoms with Crippen LogP contribution < -0.4 is 10.5 Å². The fourth-order valence-corrected chi connectivity index (χ4v) is 1.72. The molecule has 0 aliphatic rings. The molecule has 0 amide bonds. The second-order valence-electron chi connectivity index (χ2n) is 4.26. The molecule has 0 bridgehead atoms. The summed E-state index contributed by atoms with van der Waals surface area (Å²) in [5, 5.41) is 0. The van der Waals surface area contributed by atoms with Gasteiger partial charge in [0.05, 0.1) is 7.11 Å². The number of rotatable bonds is 4. The molecule has 84 valence electrons. The molecule has 0 spiro atoms. The maximum atomic E-state index is 5.76. The SMILES string of the molecule is COc1cc(C)c(CCC(C)N)cc1C. The van der Waals surface area contributed by atoms with Gasteiger partial charge in [-0.1, -0.05) is 6.07 Å². The highest BCUT2D eigenvalue weighted by Gasteiger charge is 2.05. The third-order valence-electron chi connectivity index (χ3n) is 2.72. The van der Waals surface area contributed by atoms with Crippen molar-refractivity contribution in [1.82, 2.24) is 0 Å². The summed E-state index contributed by atoms with van der Waals surface area (Å²) in [5.41, 5.74) is 9.63. The predicted molar refractivity (Wildman–Crippen MR) is 64.4 cm³/mol. The Morgan fingerprint density at radius 2 is 1.93 bits per heavy atom. The summed E-state index contributed by atoms with van der Waals surface area (Å²) in [5.74, 6) is 0.969. The summed E-state index contributed by atoms with van der Waals surface area (Å²) in [6.07, 6.45) is 2.08. The lowest BCUT2D eigenvalue weighted by Crippen LogP contribution is -2.15. The van der Waals surface area contributed by atoms with E-state index < -0.39 is 0 Å². The van der Waals surface area contributed by atoms with Gasteiger partial charge in [-0.25, -0.2) is 0 Å². The van der Waals surface area contributed by atoms with Crippen LogP contribution in [0.15, 0.2) is 12.1 Å². The molecule has 1 atom stereocenters. The second kappa shape index (κ2) is 5.17. The van der Waals surface area contributed by atoms with Gasteiger partial charge in [-0.05, 0) is 56.4 Å². The Kier molecular flexibility index (Phi) is 4.15. The van der Waals surface area contributed by atoms with Crippen molar-refractivity contribution in [3.05, 3.63) is 28.8 Å². The van der Waals surface area contributed by atoms with Gasteiger partial charge in [-0.2, -0.15) is 0 Å². The third kappa shape index (κ3) is 3.24. The molecule has 0 heterocycles. The summed E-state index contributed by atoms with van der Waals surface area (Å²) >= 11 is 0. The molecule has 1 aromatic rings. The lowest BCUT2D eigenvalue weighted by atomic mass is 9.99. The second-order valence-corrected chi connectivity index (χ2v) is 4.26. The van der Waals surface area contributed by atoms with Crippen LogP contribution in [0.1, 0.15) is 30.0 Å². The van der Waals surface area contributed by atoms with Crippen LogP contribution >= 0.6 is 0 Å². The van der Waals surface area contributed by atoms with Gasteiger partial charge in [-0.3, -0.25) is 0 Å². The average molecular weight is 207 g/mol. The Morgan fingerprint density at radius 3 is 2.47 bits per heavy atom. The van der Waals surface area contributed by atoms with Crippen molar-refractivity contribution >= 4 is 0 Å². The number of benzene rings is 1. The smallest absolute Gasteiger partial charge is 0.122 e. The minimum Gasteiger partial charge on any atom is -0.496 e. The Labute approximate surface area is 92.4 Å². The molecular formula is C13H21NO. The van der Waals surface area contributed by atoms with Gasteiger partial charge in [-0.15, -0.1) is 0 Å². The molecule has 1 rings (SSSR count). The van der Waals surface area contributed by atoms with E-state index in [1.54, 1.807) is 7.11 Å². The average Bonchev–Trinajstić information content (AvgIpc) is 2.18. The van der Waals surface area contributed by atoms with Gasteiger partial charge in [0.1, 0.15) is 5.75 Å². The lowest BCUT2D eigenvalue weighted by molar-refractivity contribution is 0.411. The minimum absolute atomic E-state index is 0.270. The predicted octanol–water partition coefficient (Wildman–Crippen LogP) is 2.59. The van der Waals surface area contributed by atoms with E-state index >= 15 is 0 Å². The number of aryl methyl sites for hydroxylation is 3. The Hall–Kier alpha value is -1.02. The van der Waals surface area contributed by atoms with Crippen LogP contribution in [0.2, 0.25) is 0 Å². The van der Waals surface area contributed by atoms with Crippen molar-refractivity contribution < 1.29 is 4.74 Å². The molecule has 2 N–H and O–H groups in total. The van der Waals surface area contributed by atoms with Gasteiger partial charge in [0.15, 0.2) is 0 Å². The third-order valence-corrected chi connectivity index (χ3v) is 2.72. The lowest BCUT2D eigenvalue weighted by Gasteiger charge is -2.12. The van der Waals surface area contributed by atoms with Crippen LogP contribution in [0.4, 0.5) is 0 Å². The van der Waals surface area contributed by atoms with E-state index in [0.717, 1.165) is 18.6 Å². The van der Waals surface area contributed by atoms with Crippen molar-refractivity contribution in [2.45, 2.75) is 39.7 Å². The van der Waals surface area contributed by atoms with E-state index in [0.29, 0.717) is 0 Å². The maximum Gasteiger partial charge on any atom is 0.122 e. The Balaban J connectivity index is 2.85. The first-order chi connectivity index (χ1) is 7.04. The van der Waals surface area contributed by atoms with Crippen LogP contribution in [0.3, 0.4) is 0 Å². The van der Waals surface area contributed by atoms with E-state index in [1.165, 1.54) is 16.7 Å². The minimum atomic E-state index is 0.270. The highest BCUT2D eigenvalue weighted by Crippen LogP contribution is 2.23. The van der Waals surface area contributed by atoms with Gasteiger partial charge < -0.3 is 10.5 Å². The normalized spacial score (nSPS) is 12.6. The summed E-state index contributed by atoms with van der Waals surface area (Å²) < 4.78 is 5.28. The fraction of sp³-hybridized carbons (Fsp3) is 0.538. The van der Waals surface area contributed by atoms with Gasteiger partial charge >= 0.3 is 0 Å². The summed E-state index contributed by atoms with van der Waals surface area (Å²) in [6, 6.07) is 4.58. The molecule has 15 heavy (non-hydrogen) atoms. The zero-order valence-corrected chi connectivity index (χ0v) is 10.1. The highest BCUT2D eigenvalue weighted by molar-refractivity contribution is 5.41. The van der Waals surface area contributed by atoms with Crippen LogP contribution in [0.5, 0.6) is 5.75 Å². The number of nitrogens with two attached hydrogens (primary N) is 1. The largest absolute Gasteiger partial charge is 0.496 e. The molecule has 2 heteroatoms. The quantitative estimate of drug-likeness (QED) is 0.823. The van der Waals surface area contributed by atoms with Crippen molar-refractivity contribution in [2.75, 3.05) is 7.11 Å². The van der Waals surface area contributed by atoms with E-state index in [9.17, 15) is 0 Å². The Morgan fingerprint density at radius 1 is 1.27 bits per heavy atom. The number of hydrogen-bond acceptors (Lipinski definition) is 2. The van der Waals surface area contributed by atoms with E-state index in [-0.39, 0.29) is 6.04 Å². The highest BCUT2D eigenvalue weighted by atomic mass is 16.5. The van der Waals surface area contributed by atoms with Crippen LogP contribution in [-0.2, 0) is 6.42 Å². The van der Waals surface area contributed by atoms with Crippen molar-refractivity contribution in [3.63, 3.8) is 0 Å². The standard InChI is InChI=1S/C13H21NO/c1-9-8-13(15-4)10(2)7-12(9)6-5-11(3)14/h7-8,11H,5-6,14H2,1-4H3. The molecule has 1 unspecified atom stereocenters. The molecule has 0 aromatic heterocycles. The number of methoxy groups -OCH3 is 1. The molecule has 0 fully saturated rings. The van der Waals surface area contributed by atoms with Crippen molar-refractivity contribution in [3.8, 4) is 5.75 Å². The molecule has 0 saturated carbocycles. The van der Waals surface area contributed by atoms with Crippen LogP contribution in [0, 0.1) is 13.8 Å². The maximum absolute atomic E-state index is 5.76. The first-order valence-corrected chi connectivity index (χ1v) is 5.44. The first kappa shape index (κ1) is 12.1. The van der Waals surface area contributed by atoms with Crippen LogP contribution in [0.25, 0.3) is 0 Å². The summed E-state index contributed by atoms with van der Waals surface area (Å²) in [4.78, 5) is 0. The first-order valence-electron chi connectivity index (χ1n) is 5.44. The number of ether oxygens (including phenoxy) is 1. The Bertz CT molecular complexity index is 332. The molecule has 0 aliphatic carbocycles. The monoisotopic (exact) mass is 207 g/mol. The summed E-state index contributed by atoms with van der Waals surface area (Å²) in [7, 11) is 1.71. The topological polar surface area (TPSA) is 35.2 Å². The van der Waals surface area contributed by atoms with Gasteiger partial charge in [0.25, 0.3) is 0 Å². The van der Waals surface area contributed by atoms with Crippen molar-refractivity contribution in [2.24, 2.45) is 5.73 Å². The summed E-state index contributed by atoms with van der Waals surface area (Å²) in [6.45, 7) is 6.25.